The summed E-state index contributed by atoms with van der Waals surface area (Å²) < 4.78 is 5.23. The van der Waals surface area contributed by atoms with Crippen LogP contribution in [-0.2, 0) is 6.42 Å². The third-order valence-electron chi connectivity index (χ3n) is 3.06. The molecule has 0 amide bonds. The lowest BCUT2D eigenvalue weighted by Gasteiger charge is -1.97. The fourth-order valence-electron chi connectivity index (χ4n) is 1.89. The van der Waals surface area contributed by atoms with E-state index in [1.807, 2.05) is 35.7 Å². The second-order valence-corrected chi connectivity index (χ2v) is 5.87. The molecule has 0 aliphatic heterocycles. The molecule has 21 heavy (non-hydrogen) atoms. The molecule has 2 aromatic heterocycles. The van der Waals surface area contributed by atoms with E-state index >= 15 is 0 Å². The quantitative estimate of drug-likeness (QED) is 0.672. The molecule has 0 aliphatic rings. The molecule has 1 aromatic carbocycles. The molecule has 0 aliphatic carbocycles. The van der Waals surface area contributed by atoms with Crippen molar-refractivity contribution in [1.82, 2.24) is 10.1 Å². The number of halogens is 1. The molecule has 106 valence electrons. The predicted molar refractivity (Wildman–Crippen MR) is 87.2 cm³/mol. The predicted octanol–water partition coefficient (Wildman–Crippen LogP) is 5.10. The van der Waals surface area contributed by atoms with Gasteiger partial charge in [-0.05, 0) is 29.5 Å². The molecule has 3 rings (SSSR count). The third-order valence-corrected chi connectivity index (χ3v) is 4.15. The van der Waals surface area contributed by atoms with E-state index in [1.54, 1.807) is 11.3 Å². The largest absolute Gasteiger partial charge is 0.333 e. The summed E-state index contributed by atoms with van der Waals surface area (Å²) in [5.74, 6) is 0.880. The minimum absolute atomic E-state index is 0.333. The van der Waals surface area contributed by atoms with Gasteiger partial charge in [0, 0.05) is 10.4 Å². The lowest BCUT2D eigenvalue weighted by atomic mass is 10.1. The van der Waals surface area contributed by atoms with Crippen LogP contribution in [0.3, 0.4) is 0 Å². The summed E-state index contributed by atoms with van der Waals surface area (Å²) in [6, 6.07) is 12.1. The zero-order valence-corrected chi connectivity index (χ0v) is 13.0. The van der Waals surface area contributed by atoms with Gasteiger partial charge in [-0.2, -0.15) is 4.98 Å². The fraction of sp³-hybridized carbons (Fsp3) is 0.125. The summed E-state index contributed by atoms with van der Waals surface area (Å²) in [7, 11) is 0. The molecule has 0 unspecified atom stereocenters. The Balaban J connectivity index is 1.85. The molecule has 0 saturated carbocycles. The van der Waals surface area contributed by atoms with Gasteiger partial charge in [0.2, 0.25) is 5.82 Å². The van der Waals surface area contributed by atoms with E-state index in [4.69, 9.17) is 16.1 Å². The van der Waals surface area contributed by atoms with Crippen LogP contribution in [0.25, 0.3) is 22.5 Å². The van der Waals surface area contributed by atoms with Crippen molar-refractivity contribution in [3.63, 3.8) is 0 Å². The van der Waals surface area contributed by atoms with Crippen LogP contribution in [0.1, 0.15) is 23.3 Å². The van der Waals surface area contributed by atoms with Crippen molar-refractivity contribution < 1.29 is 4.52 Å². The first kappa shape index (κ1) is 14.0. The molecule has 3 aromatic rings. The molecule has 0 bridgehead atoms. The van der Waals surface area contributed by atoms with Crippen LogP contribution in [0.2, 0.25) is 0 Å². The highest BCUT2D eigenvalue weighted by molar-refractivity contribution is 7.11. The van der Waals surface area contributed by atoms with Gasteiger partial charge in [-0.25, -0.2) is 0 Å². The third kappa shape index (κ3) is 3.23. The maximum Gasteiger partial charge on any atom is 0.269 e. The normalized spacial score (nSPS) is 11.8. The summed E-state index contributed by atoms with van der Waals surface area (Å²) in [6.07, 6.45) is 2.83. The number of aromatic nitrogens is 2. The van der Waals surface area contributed by atoms with Gasteiger partial charge in [0.1, 0.15) is 5.03 Å². The van der Waals surface area contributed by atoms with Gasteiger partial charge in [0.15, 0.2) is 0 Å². The molecular formula is C16H13ClN2OS. The fourth-order valence-corrected chi connectivity index (χ4v) is 2.80. The maximum absolute atomic E-state index is 6.22. The molecule has 0 fully saturated rings. The average Bonchev–Trinajstić information content (AvgIpc) is 3.18. The molecule has 2 heterocycles. The summed E-state index contributed by atoms with van der Waals surface area (Å²) in [4.78, 5) is 5.39. The highest BCUT2D eigenvalue weighted by Gasteiger charge is 2.11. The SMILES string of the molecule is CCc1ccc(-c2noc(/C(Cl)=C/c3cccs3)n2)cc1. The van der Waals surface area contributed by atoms with E-state index in [2.05, 4.69) is 29.2 Å². The van der Waals surface area contributed by atoms with E-state index in [-0.39, 0.29) is 0 Å². The Bertz CT molecular complexity index is 745. The minimum Gasteiger partial charge on any atom is -0.333 e. The van der Waals surface area contributed by atoms with Crippen molar-refractivity contribution in [2.45, 2.75) is 13.3 Å². The van der Waals surface area contributed by atoms with Crippen molar-refractivity contribution >= 4 is 34.0 Å². The Morgan fingerprint density at radius 3 is 2.76 bits per heavy atom. The highest BCUT2D eigenvalue weighted by Crippen LogP contribution is 2.25. The number of hydrogen-bond acceptors (Lipinski definition) is 4. The standard InChI is InChI=1S/C16H13ClN2OS/c1-2-11-5-7-12(8-6-11)15-18-16(20-19-15)14(17)10-13-4-3-9-21-13/h3-10H,2H2,1H3/b14-10-. The van der Waals surface area contributed by atoms with E-state index < -0.39 is 0 Å². The van der Waals surface area contributed by atoms with Crippen LogP contribution in [0.15, 0.2) is 46.3 Å². The lowest BCUT2D eigenvalue weighted by Crippen LogP contribution is -1.83. The molecule has 5 heteroatoms. The Hall–Kier alpha value is -1.91. The Morgan fingerprint density at radius 2 is 2.10 bits per heavy atom. The molecule has 3 nitrogen and oxygen atoms in total. The lowest BCUT2D eigenvalue weighted by molar-refractivity contribution is 0.410. The van der Waals surface area contributed by atoms with Crippen LogP contribution in [0, 0.1) is 0 Å². The van der Waals surface area contributed by atoms with E-state index in [9.17, 15) is 0 Å². The van der Waals surface area contributed by atoms with E-state index in [0.29, 0.717) is 16.7 Å². The number of aryl methyl sites for hydroxylation is 1. The Kier molecular flexibility index (Phi) is 4.18. The van der Waals surface area contributed by atoms with Gasteiger partial charge >= 0.3 is 0 Å². The number of rotatable bonds is 4. The molecule has 0 spiro atoms. The number of benzene rings is 1. The summed E-state index contributed by atoms with van der Waals surface area (Å²) in [6.45, 7) is 2.12. The zero-order chi connectivity index (χ0) is 14.7. The Labute approximate surface area is 131 Å². The second kappa shape index (κ2) is 6.24. The van der Waals surface area contributed by atoms with Crippen LogP contribution in [-0.4, -0.2) is 10.1 Å². The first-order valence-corrected chi connectivity index (χ1v) is 7.86. The van der Waals surface area contributed by atoms with Crippen LogP contribution in [0.5, 0.6) is 0 Å². The number of thiophene rings is 1. The van der Waals surface area contributed by atoms with Crippen molar-refractivity contribution in [2.75, 3.05) is 0 Å². The first-order chi connectivity index (χ1) is 10.3. The van der Waals surface area contributed by atoms with Crippen LogP contribution >= 0.6 is 22.9 Å². The molecular weight excluding hydrogens is 304 g/mol. The van der Waals surface area contributed by atoms with Crippen molar-refractivity contribution in [3.8, 4) is 11.4 Å². The van der Waals surface area contributed by atoms with Crippen LogP contribution < -0.4 is 0 Å². The summed E-state index contributed by atoms with van der Waals surface area (Å²) in [5.41, 5.74) is 2.20. The van der Waals surface area contributed by atoms with Crippen molar-refractivity contribution in [1.29, 1.82) is 0 Å². The Morgan fingerprint density at radius 1 is 1.29 bits per heavy atom. The van der Waals surface area contributed by atoms with Gasteiger partial charge in [-0.1, -0.05) is 54.0 Å². The van der Waals surface area contributed by atoms with Crippen molar-refractivity contribution in [3.05, 3.63) is 58.1 Å². The first-order valence-electron chi connectivity index (χ1n) is 6.60. The molecule has 0 N–H and O–H groups in total. The molecule has 0 saturated heterocycles. The maximum atomic E-state index is 6.22. The van der Waals surface area contributed by atoms with Gasteiger partial charge in [-0.15, -0.1) is 11.3 Å². The topological polar surface area (TPSA) is 38.9 Å². The monoisotopic (exact) mass is 316 g/mol. The van der Waals surface area contributed by atoms with E-state index in [0.717, 1.165) is 16.9 Å². The van der Waals surface area contributed by atoms with Crippen molar-refractivity contribution in [2.24, 2.45) is 0 Å². The van der Waals surface area contributed by atoms with Gasteiger partial charge in [-0.3, -0.25) is 0 Å². The smallest absolute Gasteiger partial charge is 0.269 e. The molecule has 0 radical (unpaired) electrons. The van der Waals surface area contributed by atoms with E-state index in [1.165, 1.54) is 5.56 Å². The van der Waals surface area contributed by atoms with Gasteiger partial charge < -0.3 is 4.52 Å². The number of nitrogens with zero attached hydrogens (tertiary/aromatic N) is 2. The van der Waals surface area contributed by atoms with Crippen LogP contribution in [0.4, 0.5) is 0 Å². The number of hydrogen-bond donors (Lipinski definition) is 0. The highest BCUT2D eigenvalue weighted by atomic mass is 35.5. The summed E-state index contributed by atoms with van der Waals surface area (Å²) in [5, 5.41) is 6.42. The van der Waals surface area contributed by atoms with Gasteiger partial charge in [0.05, 0.1) is 0 Å². The van der Waals surface area contributed by atoms with Gasteiger partial charge in [0.25, 0.3) is 5.89 Å². The second-order valence-electron chi connectivity index (χ2n) is 4.48. The average molecular weight is 317 g/mol. The summed E-state index contributed by atoms with van der Waals surface area (Å²) >= 11 is 7.82. The minimum atomic E-state index is 0.333. The molecule has 0 atom stereocenters. The zero-order valence-electron chi connectivity index (χ0n) is 11.4.